The summed E-state index contributed by atoms with van der Waals surface area (Å²) < 4.78 is 0. The van der Waals surface area contributed by atoms with E-state index in [1.807, 2.05) is 13.8 Å². The molecule has 0 heterocycles. The standard InChI is InChI=1S/C13H26O3Si/c1-7-8-10(14)11(13(15)16)12(9(2)3)17(4,5)6/h7-12,14H,1-6H3,(H,15,16)/b8-7+/t10-,11-,12-/m1/s1. The van der Waals surface area contributed by atoms with Crippen LogP contribution in [0.25, 0.3) is 0 Å². The maximum Gasteiger partial charge on any atom is 0.309 e. The SMILES string of the molecule is C/C=C/[C@@H](O)[C@@H](C(=O)O)[C@@H](C(C)C)[Si](C)(C)C. The third-order valence-electron chi connectivity index (χ3n) is 3.15. The quantitative estimate of drug-likeness (QED) is 0.569. The first-order valence-electron chi connectivity index (χ1n) is 6.16. The fourth-order valence-corrected chi connectivity index (χ4v) is 6.20. The Kier molecular flexibility index (Phi) is 6.13. The van der Waals surface area contributed by atoms with Crippen LogP contribution in [0, 0.1) is 11.8 Å². The van der Waals surface area contributed by atoms with Gasteiger partial charge in [-0.05, 0) is 18.4 Å². The predicted octanol–water partition coefficient (Wildman–Crippen LogP) is 2.99. The number of rotatable bonds is 6. The first-order chi connectivity index (χ1) is 7.62. The lowest BCUT2D eigenvalue weighted by molar-refractivity contribution is -0.145. The number of aliphatic hydroxyl groups excluding tert-OH is 1. The Morgan fingerprint density at radius 1 is 1.24 bits per heavy atom. The number of carboxylic acids is 1. The minimum atomic E-state index is -1.64. The van der Waals surface area contributed by atoms with Crippen molar-refractivity contribution in [2.75, 3.05) is 0 Å². The number of carbonyl (C=O) groups is 1. The Morgan fingerprint density at radius 3 is 1.94 bits per heavy atom. The van der Waals surface area contributed by atoms with Crippen molar-refractivity contribution in [1.29, 1.82) is 0 Å². The van der Waals surface area contributed by atoms with Gasteiger partial charge in [0.05, 0.1) is 12.0 Å². The van der Waals surface area contributed by atoms with Crippen LogP contribution >= 0.6 is 0 Å². The molecule has 0 aliphatic rings. The lowest BCUT2D eigenvalue weighted by atomic mass is 9.91. The first-order valence-corrected chi connectivity index (χ1v) is 9.74. The van der Waals surface area contributed by atoms with Gasteiger partial charge in [-0.25, -0.2) is 0 Å². The van der Waals surface area contributed by atoms with Crippen molar-refractivity contribution in [2.45, 2.75) is 52.1 Å². The highest BCUT2D eigenvalue weighted by Crippen LogP contribution is 2.39. The van der Waals surface area contributed by atoms with E-state index < -0.39 is 26.1 Å². The molecule has 4 heteroatoms. The van der Waals surface area contributed by atoms with Crippen LogP contribution in [0.2, 0.25) is 25.2 Å². The van der Waals surface area contributed by atoms with Gasteiger partial charge in [-0.1, -0.05) is 45.6 Å². The summed E-state index contributed by atoms with van der Waals surface area (Å²) in [6.45, 7) is 12.4. The monoisotopic (exact) mass is 258 g/mol. The fourth-order valence-electron chi connectivity index (χ4n) is 2.78. The summed E-state index contributed by atoms with van der Waals surface area (Å²) in [6.07, 6.45) is 2.40. The lowest BCUT2D eigenvalue weighted by Gasteiger charge is -2.38. The maximum absolute atomic E-state index is 11.4. The summed E-state index contributed by atoms with van der Waals surface area (Å²) in [5.74, 6) is -1.32. The largest absolute Gasteiger partial charge is 0.481 e. The van der Waals surface area contributed by atoms with Crippen LogP contribution in [0.3, 0.4) is 0 Å². The Labute approximate surface area is 106 Å². The number of carboxylic acid groups (broad SMARTS) is 1. The molecule has 100 valence electrons. The van der Waals surface area contributed by atoms with E-state index in [-0.39, 0.29) is 11.5 Å². The van der Waals surface area contributed by atoms with Crippen molar-refractivity contribution in [1.82, 2.24) is 0 Å². The molecule has 2 N–H and O–H groups in total. The molecule has 0 unspecified atom stereocenters. The molecular weight excluding hydrogens is 232 g/mol. The van der Waals surface area contributed by atoms with Gasteiger partial charge in [0.25, 0.3) is 0 Å². The van der Waals surface area contributed by atoms with Gasteiger partial charge in [-0.15, -0.1) is 0 Å². The second kappa shape index (κ2) is 6.35. The van der Waals surface area contributed by atoms with E-state index in [1.54, 1.807) is 19.1 Å². The smallest absolute Gasteiger partial charge is 0.309 e. The molecular formula is C13H26O3Si. The van der Waals surface area contributed by atoms with Crippen molar-refractivity contribution in [3.05, 3.63) is 12.2 Å². The number of allylic oxidation sites excluding steroid dienone is 1. The summed E-state index contributed by atoms with van der Waals surface area (Å²) in [5.41, 5.74) is 0.0613. The zero-order valence-corrected chi connectivity index (χ0v) is 12.8. The molecule has 0 aromatic heterocycles. The number of hydrogen-bond donors (Lipinski definition) is 2. The van der Waals surface area contributed by atoms with Crippen molar-refractivity contribution in [3.8, 4) is 0 Å². The molecule has 0 aromatic carbocycles. The van der Waals surface area contributed by atoms with Gasteiger partial charge in [-0.3, -0.25) is 4.79 Å². The third-order valence-corrected chi connectivity index (χ3v) is 6.17. The topological polar surface area (TPSA) is 57.5 Å². The highest BCUT2D eigenvalue weighted by Gasteiger charge is 2.42. The van der Waals surface area contributed by atoms with E-state index in [4.69, 9.17) is 0 Å². The maximum atomic E-state index is 11.4. The van der Waals surface area contributed by atoms with Crippen LogP contribution in [0.15, 0.2) is 12.2 Å². The van der Waals surface area contributed by atoms with E-state index in [2.05, 4.69) is 19.6 Å². The van der Waals surface area contributed by atoms with Gasteiger partial charge in [0.15, 0.2) is 0 Å². The van der Waals surface area contributed by atoms with Crippen LogP contribution in [0.1, 0.15) is 20.8 Å². The predicted molar refractivity (Wildman–Crippen MR) is 73.9 cm³/mol. The van der Waals surface area contributed by atoms with Crippen LogP contribution in [0.4, 0.5) is 0 Å². The second-order valence-corrected chi connectivity index (χ2v) is 11.4. The Balaban J connectivity index is 5.33. The summed E-state index contributed by atoms with van der Waals surface area (Å²) in [7, 11) is -1.64. The zero-order chi connectivity index (χ0) is 13.8. The Morgan fingerprint density at radius 2 is 1.71 bits per heavy atom. The van der Waals surface area contributed by atoms with Crippen molar-refractivity contribution in [3.63, 3.8) is 0 Å². The highest BCUT2D eigenvalue weighted by molar-refractivity contribution is 6.77. The molecule has 0 amide bonds. The van der Waals surface area contributed by atoms with Crippen LogP contribution in [0.5, 0.6) is 0 Å². The van der Waals surface area contributed by atoms with Gasteiger partial charge >= 0.3 is 5.97 Å². The van der Waals surface area contributed by atoms with Crippen LogP contribution in [-0.2, 0) is 4.79 Å². The molecule has 0 spiro atoms. The van der Waals surface area contributed by atoms with Gasteiger partial charge < -0.3 is 10.2 Å². The fraction of sp³-hybridized carbons (Fsp3) is 0.769. The molecule has 0 bridgehead atoms. The van der Waals surface area contributed by atoms with Gasteiger partial charge in [0, 0.05) is 8.07 Å². The minimum Gasteiger partial charge on any atom is -0.481 e. The molecule has 3 atom stereocenters. The number of aliphatic carboxylic acids is 1. The molecule has 0 aliphatic heterocycles. The van der Waals surface area contributed by atoms with Crippen molar-refractivity contribution >= 4 is 14.0 Å². The average molecular weight is 258 g/mol. The van der Waals surface area contributed by atoms with Crippen molar-refractivity contribution < 1.29 is 15.0 Å². The Bertz CT molecular complexity index is 279. The van der Waals surface area contributed by atoms with Crippen LogP contribution < -0.4 is 0 Å². The van der Waals surface area contributed by atoms with Gasteiger partial charge in [0.2, 0.25) is 0 Å². The van der Waals surface area contributed by atoms with E-state index in [0.717, 1.165) is 0 Å². The summed E-state index contributed by atoms with van der Waals surface area (Å²) in [4.78, 5) is 11.4. The van der Waals surface area contributed by atoms with Crippen molar-refractivity contribution in [2.24, 2.45) is 11.8 Å². The summed E-state index contributed by atoms with van der Waals surface area (Å²) in [6, 6.07) is 0. The number of aliphatic hydroxyl groups is 1. The van der Waals surface area contributed by atoms with E-state index in [0.29, 0.717) is 0 Å². The average Bonchev–Trinajstić information content (AvgIpc) is 2.10. The molecule has 0 aromatic rings. The Hall–Kier alpha value is -0.613. The third kappa shape index (κ3) is 4.64. The molecule has 0 saturated heterocycles. The molecule has 0 fully saturated rings. The molecule has 0 saturated carbocycles. The molecule has 17 heavy (non-hydrogen) atoms. The molecule has 0 radical (unpaired) electrons. The second-order valence-electron chi connectivity index (χ2n) is 6.02. The van der Waals surface area contributed by atoms with Gasteiger partial charge in [-0.2, -0.15) is 0 Å². The molecule has 0 aliphatic carbocycles. The van der Waals surface area contributed by atoms with Gasteiger partial charge in [0.1, 0.15) is 0 Å². The van der Waals surface area contributed by atoms with E-state index in [1.165, 1.54) is 0 Å². The minimum absolute atomic E-state index is 0.0613. The highest BCUT2D eigenvalue weighted by atomic mass is 28.3. The lowest BCUT2D eigenvalue weighted by Crippen LogP contribution is -2.44. The first kappa shape index (κ1) is 16.4. The number of hydrogen-bond acceptors (Lipinski definition) is 2. The molecule has 3 nitrogen and oxygen atoms in total. The normalized spacial score (nSPS) is 18.4. The summed E-state index contributed by atoms with van der Waals surface area (Å²) in [5, 5.41) is 19.4. The van der Waals surface area contributed by atoms with Crippen LogP contribution in [-0.4, -0.2) is 30.4 Å². The summed E-state index contributed by atoms with van der Waals surface area (Å²) >= 11 is 0. The van der Waals surface area contributed by atoms with E-state index in [9.17, 15) is 15.0 Å². The molecule has 0 rings (SSSR count). The van der Waals surface area contributed by atoms with E-state index >= 15 is 0 Å². The zero-order valence-electron chi connectivity index (χ0n) is 11.8.